The van der Waals surface area contributed by atoms with Crippen LogP contribution in [0.4, 0.5) is 0 Å². The van der Waals surface area contributed by atoms with Crippen molar-refractivity contribution in [3.63, 3.8) is 0 Å². The molecule has 0 amide bonds. The molecule has 2 unspecified atom stereocenters. The van der Waals surface area contributed by atoms with Gasteiger partial charge in [-0.3, -0.25) is 4.90 Å². The van der Waals surface area contributed by atoms with E-state index >= 15 is 0 Å². The van der Waals surface area contributed by atoms with Crippen LogP contribution in [-0.4, -0.2) is 39.9 Å². The molecule has 0 saturated carbocycles. The summed E-state index contributed by atoms with van der Waals surface area (Å²) in [6.45, 7) is 5.14. The first-order valence-corrected chi connectivity index (χ1v) is 7.90. The molecule has 3 rings (SSSR count). The first-order chi connectivity index (χ1) is 11.0. The molecule has 1 N–H and O–H groups in total. The van der Waals surface area contributed by atoms with Crippen molar-refractivity contribution in [2.75, 3.05) is 13.7 Å². The fourth-order valence-corrected chi connectivity index (χ4v) is 3.35. The van der Waals surface area contributed by atoms with Crippen molar-refractivity contribution in [3.05, 3.63) is 41.6 Å². The second-order valence-electron chi connectivity index (χ2n) is 6.22. The van der Waals surface area contributed by atoms with Crippen molar-refractivity contribution in [1.82, 2.24) is 15.1 Å². The summed E-state index contributed by atoms with van der Waals surface area (Å²) in [5.74, 6) is 1.95. The standard InChI is InChI=1S/C17H23N3O3/c1-12-18-19-16(23-12)11-20-10-4-5-15(20)17(2,21)13-6-8-14(22-3)9-7-13/h6-9,15,21H,4-5,10-11H2,1-3H3. The molecule has 2 atom stereocenters. The predicted octanol–water partition coefficient (Wildman–Crippen LogP) is 2.26. The minimum absolute atomic E-state index is 0.0168. The molecular weight excluding hydrogens is 294 g/mol. The topological polar surface area (TPSA) is 71.6 Å². The second kappa shape index (κ2) is 6.29. The van der Waals surface area contributed by atoms with Gasteiger partial charge in [-0.1, -0.05) is 12.1 Å². The molecule has 1 aromatic heterocycles. The van der Waals surface area contributed by atoms with E-state index in [4.69, 9.17) is 9.15 Å². The fourth-order valence-electron chi connectivity index (χ4n) is 3.35. The van der Waals surface area contributed by atoms with Crippen LogP contribution in [0, 0.1) is 6.92 Å². The summed E-state index contributed by atoms with van der Waals surface area (Å²) in [6.07, 6.45) is 1.98. The van der Waals surface area contributed by atoms with Crippen LogP contribution in [-0.2, 0) is 12.1 Å². The van der Waals surface area contributed by atoms with Gasteiger partial charge in [0.05, 0.1) is 13.7 Å². The maximum atomic E-state index is 11.2. The van der Waals surface area contributed by atoms with Gasteiger partial charge in [-0.15, -0.1) is 10.2 Å². The molecule has 1 aromatic carbocycles. The number of likely N-dealkylation sites (tertiary alicyclic amines) is 1. The predicted molar refractivity (Wildman–Crippen MR) is 85.0 cm³/mol. The molecule has 2 aromatic rings. The summed E-state index contributed by atoms with van der Waals surface area (Å²) in [4.78, 5) is 2.22. The Balaban J connectivity index is 1.79. The summed E-state index contributed by atoms with van der Waals surface area (Å²) in [5, 5.41) is 19.1. The fraction of sp³-hybridized carbons (Fsp3) is 0.529. The lowest BCUT2D eigenvalue weighted by molar-refractivity contribution is -0.0274. The molecule has 0 radical (unpaired) electrons. The van der Waals surface area contributed by atoms with Crippen LogP contribution in [0.2, 0.25) is 0 Å². The lowest BCUT2D eigenvalue weighted by atomic mass is 9.86. The lowest BCUT2D eigenvalue weighted by Crippen LogP contribution is -2.45. The third-order valence-corrected chi connectivity index (χ3v) is 4.59. The Bertz CT molecular complexity index is 651. The van der Waals surface area contributed by atoms with E-state index < -0.39 is 5.60 Å². The molecule has 1 aliphatic heterocycles. The normalized spacial score (nSPS) is 21.3. The van der Waals surface area contributed by atoms with Gasteiger partial charge in [-0.2, -0.15) is 0 Å². The van der Waals surface area contributed by atoms with Crippen LogP contribution >= 0.6 is 0 Å². The minimum atomic E-state index is -0.947. The molecule has 0 aliphatic carbocycles. The molecule has 1 aliphatic rings. The van der Waals surface area contributed by atoms with Gasteiger partial charge in [0.15, 0.2) is 0 Å². The highest BCUT2D eigenvalue weighted by Gasteiger charge is 2.40. The van der Waals surface area contributed by atoms with Gasteiger partial charge in [-0.25, -0.2) is 0 Å². The van der Waals surface area contributed by atoms with E-state index in [0.717, 1.165) is 30.7 Å². The number of methoxy groups -OCH3 is 1. The summed E-state index contributed by atoms with van der Waals surface area (Å²) >= 11 is 0. The van der Waals surface area contributed by atoms with Crippen molar-refractivity contribution >= 4 is 0 Å². The summed E-state index contributed by atoms with van der Waals surface area (Å²) in [7, 11) is 1.64. The maximum absolute atomic E-state index is 11.2. The quantitative estimate of drug-likeness (QED) is 0.912. The van der Waals surface area contributed by atoms with Crippen molar-refractivity contribution in [2.24, 2.45) is 0 Å². The van der Waals surface area contributed by atoms with E-state index in [0.29, 0.717) is 18.3 Å². The minimum Gasteiger partial charge on any atom is -0.497 e. The number of aliphatic hydroxyl groups is 1. The first-order valence-electron chi connectivity index (χ1n) is 7.90. The van der Waals surface area contributed by atoms with Crippen LogP contribution < -0.4 is 4.74 Å². The summed E-state index contributed by atoms with van der Waals surface area (Å²) in [6, 6.07) is 7.62. The number of hydrogen-bond donors (Lipinski definition) is 1. The van der Waals surface area contributed by atoms with Gasteiger partial charge in [0.2, 0.25) is 11.8 Å². The average Bonchev–Trinajstić information content (AvgIpc) is 3.17. The Morgan fingerprint density at radius 3 is 2.70 bits per heavy atom. The third kappa shape index (κ3) is 3.23. The molecule has 124 valence electrons. The van der Waals surface area contributed by atoms with E-state index in [1.54, 1.807) is 14.0 Å². The smallest absolute Gasteiger partial charge is 0.230 e. The molecule has 0 spiro atoms. The Morgan fingerprint density at radius 1 is 1.35 bits per heavy atom. The van der Waals surface area contributed by atoms with Crippen molar-refractivity contribution in [3.8, 4) is 5.75 Å². The Morgan fingerprint density at radius 2 is 2.09 bits per heavy atom. The maximum Gasteiger partial charge on any atom is 0.230 e. The number of nitrogens with zero attached hydrogens (tertiary/aromatic N) is 3. The van der Waals surface area contributed by atoms with Crippen LogP contribution in [0.5, 0.6) is 5.75 Å². The van der Waals surface area contributed by atoms with Gasteiger partial charge in [0, 0.05) is 13.0 Å². The van der Waals surface area contributed by atoms with E-state index in [2.05, 4.69) is 15.1 Å². The zero-order valence-electron chi connectivity index (χ0n) is 13.8. The first kappa shape index (κ1) is 16.0. The summed E-state index contributed by atoms with van der Waals surface area (Å²) < 4.78 is 10.7. The Labute approximate surface area is 136 Å². The van der Waals surface area contributed by atoms with Crippen molar-refractivity contribution < 1.29 is 14.3 Å². The molecule has 1 fully saturated rings. The largest absolute Gasteiger partial charge is 0.497 e. The molecule has 2 heterocycles. The molecule has 0 bridgehead atoms. The highest BCUT2D eigenvalue weighted by atomic mass is 16.5. The van der Waals surface area contributed by atoms with E-state index in [9.17, 15) is 5.11 Å². The van der Waals surface area contributed by atoms with Gasteiger partial charge in [-0.05, 0) is 44.0 Å². The number of hydrogen-bond acceptors (Lipinski definition) is 6. The van der Waals surface area contributed by atoms with Crippen molar-refractivity contribution in [1.29, 1.82) is 0 Å². The summed E-state index contributed by atoms with van der Waals surface area (Å²) in [5.41, 5.74) is -0.0606. The zero-order valence-corrected chi connectivity index (χ0v) is 13.8. The van der Waals surface area contributed by atoms with Crippen LogP contribution in [0.3, 0.4) is 0 Å². The van der Waals surface area contributed by atoms with E-state index in [1.807, 2.05) is 31.2 Å². The highest BCUT2D eigenvalue weighted by Crippen LogP contribution is 2.35. The molecule has 6 nitrogen and oxygen atoms in total. The average molecular weight is 317 g/mol. The van der Waals surface area contributed by atoms with Crippen LogP contribution in [0.25, 0.3) is 0 Å². The van der Waals surface area contributed by atoms with Crippen molar-refractivity contribution in [2.45, 2.75) is 44.9 Å². The molecule has 6 heteroatoms. The third-order valence-electron chi connectivity index (χ3n) is 4.59. The monoisotopic (exact) mass is 317 g/mol. The number of benzene rings is 1. The van der Waals surface area contributed by atoms with E-state index in [1.165, 1.54) is 0 Å². The highest BCUT2D eigenvalue weighted by molar-refractivity contribution is 5.31. The SMILES string of the molecule is COc1ccc(C(C)(O)C2CCCN2Cc2nnc(C)o2)cc1. The Kier molecular flexibility index (Phi) is 4.37. The zero-order chi connectivity index (χ0) is 16.4. The molecule has 1 saturated heterocycles. The van der Waals surface area contributed by atoms with Gasteiger partial charge in [0.1, 0.15) is 11.4 Å². The Hall–Kier alpha value is -1.92. The van der Waals surface area contributed by atoms with Crippen LogP contribution in [0.1, 0.15) is 37.1 Å². The van der Waals surface area contributed by atoms with Crippen LogP contribution in [0.15, 0.2) is 28.7 Å². The van der Waals surface area contributed by atoms with Gasteiger partial charge in [0.25, 0.3) is 0 Å². The van der Waals surface area contributed by atoms with Gasteiger partial charge >= 0.3 is 0 Å². The van der Waals surface area contributed by atoms with E-state index in [-0.39, 0.29) is 6.04 Å². The number of aromatic nitrogens is 2. The molecule has 23 heavy (non-hydrogen) atoms. The second-order valence-corrected chi connectivity index (χ2v) is 6.22. The number of rotatable bonds is 5. The van der Waals surface area contributed by atoms with Gasteiger partial charge < -0.3 is 14.3 Å². The number of aryl methyl sites for hydroxylation is 1. The molecular formula is C17H23N3O3. The lowest BCUT2D eigenvalue weighted by Gasteiger charge is -2.36. The number of ether oxygens (including phenoxy) is 1.